The maximum absolute atomic E-state index is 15.5. The Morgan fingerprint density at radius 3 is 2.56 bits per heavy atom. The van der Waals surface area contributed by atoms with Crippen molar-refractivity contribution < 1.29 is 28.4 Å². The molecule has 2 heterocycles. The molecule has 12 heteroatoms. The molecule has 1 aromatic carbocycles. The van der Waals surface area contributed by atoms with Crippen LogP contribution in [0, 0.1) is 21.7 Å². The molecule has 172 valence electrons. The molecular weight excluding hydrogens is 430 g/mol. The van der Waals surface area contributed by atoms with Gasteiger partial charge in [0.2, 0.25) is 17.9 Å². The molecule has 1 saturated heterocycles. The van der Waals surface area contributed by atoms with Crippen LogP contribution in [-0.2, 0) is 11.3 Å². The summed E-state index contributed by atoms with van der Waals surface area (Å²) < 4.78 is 31.7. The van der Waals surface area contributed by atoms with Gasteiger partial charge in [0.15, 0.2) is 5.82 Å². The highest BCUT2D eigenvalue weighted by Gasteiger charge is 2.32. The minimum Gasteiger partial charge on any atom is -0.477 e. The van der Waals surface area contributed by atoms with Gasteiger partial charge in [-0.25, -0.2) is 13.6 Å². The van der Waals surface area contributed by atoms with Gasteiger partial charge in [-0.05, 0) is 19.9 Å². The second-order valence-electron chi connectivity index (χ2n) is 7.57. The van der Waals surface area contributed by atoms with E-state index in [1.165, 1.54) is 14.4 Å². The highest BCUT2D eigenvalue weighted by molar-refractivity contribution is 5.94. The van der Waals surface area contributed by atoms with Crippen molar-refractivity contribution >= 4 is 28.5 Å². The summed E-state index contributed by atoms with van der Waals surface area (Å²) >= 11 is 0. The number of piperazine rings is 1. The maximum atomic E-state index is 15.5. The van der Waals surface area contributed by atoms with Gasteiger partial charge in [0.25, 0.3) is 0 Å². The number of hydrogen-bond acceptors (Lipinski definition) is 6. The lowest BCUT2D eigenvalue weighted by Crippen LogP contribution is -2.54. The van der Waals surface area contributed by atoms with Crippen molar-refractivity contribution in [1.82, 2.24) is 9.47 Å². The first-order valence-electron chi connectivity index (χ1n) is 10.0. The molecule has 0 radical (unpaired) electrons. The van der Waals surface area contributed by atoms with Crippen LogP contribution < -0.4 is 10.3 Å². The second kappa shape index (κ2) is 8.89. The Bertz CT molecular complexity index is 1170. The Hall–Kier alpha value is -3.57. The molecule has 3 rings (SSSR count). The molecule has 10 nitrogen and oxygen atoms in total. The van der Waals surface area contributed by atoms with E-state index in [2.05, 4.69) is 0 Å². The van der Waals surface area contributed by atoms with Crippen LogP contribution in [0.15, 0.2) is 17.1 Å². The van der Waals surface area contributed by atoms with Crippen molar-refractivity contribution in [3.63, 3.8) is 0 Å². The number of pyridine rings is 1. The first-order valence-corrected chi connectivity index (χ1v) is 10.0. The van der Waals surface area contributed by atoms with Crippen LogP contribution in [0.4, 0.5) is 14.5 Å². The van der Waals surface area contributed by atoms with Crippen LogP contribution in [-0.4, -0.2) is 63.6 Å². The number of carbonyl (C=O) groups excluding carboxylic acids is 1. The molecular formula is C20H22F2N4O6. The molecule has 1 unspecified atom stereocenters. The van der Waals surface area contributed by atoms with Crippen molar-refractivity contribution in [3.8, 4) is 0 Å². The summed E-state index contributed by atoms with van der Waals surface area (Å²) in [5.74, 6) is -3.90. The maximum Gasteiger partial charge on any atom is 0.341 e. The molecule has 1 aliphatic rings. The summed E-state index contributed by atoms with van der Waals surface area (Å²) in [5, 5.41) is 19.4. The van der Waals surface area contributed by atoms with E-state index >= 15 is 4.39 Å². The zero-order valence-electron chi connectivity index (χ0n) is 17.5. The van der Waals surface area contributed by atoms with Crippen molar-refractivity contribution in [1.29, 1.82) is 0 Å². The van der Waals surface area contributed by atoms with Crippen LogP contribution in [0.25, 0.3) is 10.9 Å². The Labute approximate surface area is 180 Å². The van der Waals surface area contributed by atoms with E-state index in [9.17, 15) is 34.0 Å². The van der Waals surface area contributed by atoms with E-state index in [0.29, 0.717) is 0 Å². The third-order valence-corrected chi connectivity index (χ3v) is 5.57. The predicted molar refractivity (Wildman–Crippen MR) is 111 cm³/mol. The number of fused-ring (bicyclic) bond motifs is 1. The number of nitro groups is 1. The molecule has 1 N–H and O–H groups in total. The van der Waals surface area contributed by atoms with Gasteiger partial charge in [-0.15, -0.1) is 0 Å². The van der Waals surface area contributed by atoms with Crippen LogP contribution in [0.1, 0.15) is 30.6 Å². The van der Waals surface area contributed by atoms with Gasteiger partial charge in [0.1, 0.15) is 17.1 Å². The summed E-state index contributed by atoms with van der Waals surface area (Å²) in [5.41, 5.74) is -2.13. The fourth-order valence-corrected chi connectivity index (χ4v) is 4.03. The molecule has 0 saturated carbocycles. The quantitative estimate of drug-likeness (QED) is 0.522. The van der Waals surface area contributed by atoms with Gasteiger partial charge < -0.3 is 19.5 Å². The molecule has 0 bridgehead atoms. The number of halogens is 2. The molecule has 32 heavy (non-hydrogen) atoms. The van der Waals surface area contributed by atoms with E-state index in [0.717, 1.165) is 12.3 Å². The van der Waals surface area contributed by atoms with Gasteiger partial charge >= 0.3 is 5.97 Å². The number of rotatable bonds is 6. The molecule has 0 aliphatic carbocycles. The predicted octanol–water partition coefficient (Wildman–Crippen LogP) is 1.70. The number of carboxylic acid groups (broad SMARTS) is 1. The Morgan fingerprint density at radius 2 is 2.00 bits per heavy atom. The van der Waals surface area contributed by atoms with Crippen LogP contribution in [0.3, 0.4) is 0 Å². The summed E-state index contributed by atoms with van der Waals surface area (Å²) in [6, 6.07) is 0.383. The lowest BCUT2D eigenvalue weighted by molar-refractivity contribution is -0.478. The van der Waals surface area contributed by atoms with E-state index in [1.807, 2.05) is 0 Å². The number of benzene rings is 1. The van der Waals surface area contributed by atoms with Crippen molar-refractivity contribution in [2.75, 3.05) is 31.1 Å². The van der Waals surface area contributed by atoms with E-state index in [1.54, 1.807) is 13.8 Å². The highest BCUT2D eigenvalue weighted by Crippen LogP contribution is 2.31. The van der Waals surface area contributed by atoms with Crippen LogP contribution >= 0.6 is 0 Å². The first-order chi connectivity index (χ1) is 15.1. The van der Waals surface area contributed by atoms with Crippen molar-refractivity contribution in [2.24, 2.45) is 0 Å². The molecule has 1 aromatic heterocycles. The van der Waals surface area contributed by atoms with Crippen LogP contribution in [0.2, 0.25) is 0 Å². The average Bonchev–Trinajstić information content (AvgIpc) is 2.72. The normalized spacial score (nSPS) is 16.4. The van der Waals surface area contributed by atoms with E-state index < -0.39 is 52.0 Å². The zero-order valence-corrected chi connectivity index (χ0v) is 17.5. The Balaban J connectivity index is 1.99. The molecule has 1 fully saturated rings. The van der Waals surface area contributed by atoms with Gasteiger partial charge in [0.05, 0.1) is 17.3 Å². The molecule has 0 spiro atoms. The number of anilines is 1. The topological polar surface area (TPSA) is 126 Å². The van der Waals surface area contributed by atoms with E-state index in [4.69, 9.17) is 0 Å². The number of aromatic nitrogens is 1. The number of amides is 1. The molecule has 1 amide bonds. The summed E-state index contributed by atoms with van der Waals surface area (Å²) in [7, 11) is 0. The number of nitrogens with zero attached hydrogens (tertiary/aromatic N) is 4. The average molecular weight is 452 g/mol. The molecule has 1 atom stereocenters. The third kappa shape index (κ3) is 4.12. The lowest BCUT2D eigenvalue weighted by Gasteiger charge is -2.41. The smallest absolute Gasteiger partial charge is 0.341 e. The fourth-order valence-electron chi connectivity index (χ4n) is 4.03. The second-order valence-corrected chi connectivity index (χ2v) is 7.57. The Morgan fingerprint density at radius 1 is 1.31 bits per heavy atom. The largest absolute Gasteiger partial charge is 0.477 e. The number of carboxylic acids is 1. The number of carbonyl (C=O) groups is 2. The third-order valence-electron chi connectivity index (χ3n) is 5.57. The lowest BCUT2D eigenvalue weighted by atomic mass is 10.1. The van der Waals surface area contributed by atoms with Crippen molar-refractivity contribution in [2.45, 2.75) is 32.9 Å². The standard InChI is InChI=1S/C20H22F2N4O6/c1-3-23-10-13(20(29)30)19(28)12-8-14(21)18(16(22)17(12)23)24-6-7-25(11(2)9-24)15(27)4-5-26(31)32/h8,10-11H,3-7,9H2,1-2H3,(H,29,30). The minimum atomic E-state index is -1.49. The summed E-state index contributed by atoms with van der Waals surface area (Å²) in [4.78, 5) is 48.9. The number of hydrogen-bond donors (Lipinski definition) is 1. The monoisotopic (exact) mass is 452 g/mol. The minimum absolute atomic E-state index is 0.0765. The highest BCUT2D eigenvalue weighted by atomic mass is 19.1. The SMILES string of the molecule is CCn1cc(C(=O)O)c(=O)c2cc(F)c(N3CCN(C(=O)CC[N+](=O)[O-])C(C)C3)c(F)c21. The van der Waals surface area contributed by atoms with Gasteiger partial charge in [-0.3, -0.25) is 19.7 Å². The summed E-state index contributed by atoms with van der Waals surface area (Å²) in [6.45, 7) is 3.24. The zero-order chi connectivity index (χ0) is 23.7. The summed E-state index contributed by atoms with van der Waals surface area (Å²) in [6.07, 6.45) is 0.775. The van der Waals surface area contributed by atoms with Crippen LogP contribution in [0.5, 0.6) is 0 Å². The number of aryl methyl sites for hydroxylation is 1. The first kappa shape index (κ1) is 23.1. The number of aromatic carboxylic acids is 1. The van der Waals surface area contributed by atoms with Gasteiger partial charge in [-0.2, -0.15) is 0 Å². The fraction of sp³-hybridized carbons (Fsp3) is 0.450. The van der Waals surface area contributed by atoms with Gasteiger partial charge in [-0.1, -0.05) is 0 Å². The van der Waals surface area contributed by atoms with Crippen molar-refractivity contribution in [3.05, 3.63) is 49.8 Å². The van der Waals surface area contributed by atoms with E-state index in [-0.39, 0.29) is 49.2 Å². The van der Waals surface area contributed by atoms with Gasteiger partial charge in [0, 0.05) is 43.3 Å². The Kier molecular flexibility index (Phi) is 6.42. The molecule has 1 aliphatic heterocycles. The molecule has 2 aromatic rings.